The Bertz CT molecular complexity index is 293. The van der Waals surface area contributed by atoms with Gasteiger partial charge in [0.1, 0.15) is 0 Å². The van der Waals surface area contributed by atoms with E-state index in [2.05, 4.69) is 12.6 Å². The summed E-state index contributed by atoms with van der Waals surface area (Å²) in [5.41, 5.74) is 0. The largest absolute Gasteiger partial charge is 0.338 e. The quantitative estimate of drug-likeness (QED) is 0.649. The minimum absolute atomic E-state index is 0.0809. The fourth-order valence-corrected chi connectivity index (χ4v) is 2.49. The summed E-state index contributed by atoms with van der Waals surface area (Å²) in [5, 5.41) is -0.242. The van der Waals surface area contributed by atoms with Gasteiger partial charge < -0.3 is 9.80 Å². The Balaban J connectivity index is 1.99. The first-order chi connectivity index (χ1) is 7.09. The average molecular weight is 228 g/mol. The van der Waals surface area contributed by atoms with Crippen LogP contribution in [0, 0.1) is 0 Å². The highest BCUT2D eigenvalue weighted by atomic mass is 32.1. The van der Waals surface area contributed by atoms with Crippen LogP contribution >= 0.6 is 12.6 Å². The van der Waals surface area contributed by atoms with Gasteiger partial charge in [-0.25, -0.2) is 0 Å². The van der Waals surface area contributed by atoms with Crippen molar-refractivity contribution in [3.8, 4) is 0 Å². The van der Waals surface area contributed by atoms with Crippen molar-refractivity contribution in [1.29, 1.82) is 0 Å². The van der Waals surface area contributed by atoms with Crippen LogP contribution in [0.5, 0.6) is 0 Å². The smallest absolute Gasteiger partial charge is 0.235 e. The van der Waals surface area contributed by atoms with Crippen molar-refractivity contribution in [1.82, 2.24) is 9.80 Å². The van der Waals surface area contributed by atoms with E-state index in [0.717, 1.165) is 6.42 Å². The second kappa shape index (κ2) is 4.04. The molecule has 2 saturated heterocycles. The third kappa shape index (κ3) is 1.97. The number of fused-ring (bicyclic) bond motifs is 1. The molecule has 84 valence electrons. The molecule has 0 spiro atoms. The molecule has 0 aliphatic carbocycles. The van der Waals surface area contributed by atoms with Gasteiger partial charge in [-0.3, -0.25) is 9.59 Å². The Hall–Kier alpha value is -0.710. The van der Waals surface area contributed by atoms with Crippen LogP contribution in [0.1, 0.15) is 19.8 Å². The third-order valence-electron chi connectivity index (χ3n) is 3.16. The van der Waals surface area contributed by atoms with Crippen LogP contribution in [0.4, 0.5) is 0 Å². The second-order valence-electron chi connectivity index (χ2n) is 4.24. The highest BCUT2D eigenvalue weighted by Gasteiger charge is 2.37. The number of amides is 2. The first kappa shape index (κ1) is 10.8. The fraction of sp³-hybridized carbons (Fsp3) is 0.800. The molecule has 2 aliphatic heterocycles. The zero-order valence-electron chi connectivity index (χ0n) is 8.85. The summed E-state index contributed by atoms with van der Waals surface area (Å²) in [5.74, 6) is 0.323. The molecule has 0 N–H and O–H groups in total. The third-order valence-corrected chi connectivity index (χ3v) is 3.38. The fourth-order valence-electron chi connectivity index (χ4n) is 2.33. The van der Waals surface area contributed by atoms with Crippen molar-refractivity contribution in [2.75, 3.05) is 19.6 Å². The highest BCUT2D eigenvalue weighted by molar-refractivity contribution is 7.81. The molecule has 0 radical (unpaired) electrons. The number of hydrogen-bond donors (Lipinski definition) is 1. The number of carbonyl (C=O) groups excluding carboxylic acids is 2. The number of thiol groups is 1. The molecular weight excluding hydrogens is 212 g/mol. The van der Waals surface area contributed by atoms with Gasteiger partial charge >= 0.3 is 0 Å². The Kier molecular flexibility index (Phi) is 2.91. The Labute approximate surface area is 95.0 Å². The Morgan fingerprint density at radius 1 is 1.53 bits per heavy atom. The lowest BCUT2D eigenvalue weighted by Gasteiger charge is -2.38. The molecule has 0 bridgehead atoms. The SMILES string of the molecule is CC(S)C(=O)N1CCN2C(=O)CCC2C1. The van der Waals surface area contributed by atoms with Crippen molar-refractivity contribution < 1.29 is 9.59 Å². The molecule has 2 rings (SSSR count). The summed E-state index contributed by atoms with van der Waals surface area (Å²) < 4.78 is 0. The molecule has 2 aliphatic rings. The highest BCUT2D eigenvalue weighted by Crippen LogP contribution is 2.23. The van der Waals surface area contributed by atoms with Crippen LogP contribution in [0.3, 0.4) is 0 Å². The molecule has 2 fully saturated rings. The van der Waals surface area contributed by atoms with E-state index in [1.165, 1.54) is 0 Å². The van der Waals surface area contributed by atoms with Crippen LogP contribution in [-0.2, 0) is 9.59 Å². The average Bonchev–Trinajstić information content (AvgIpc) is 2.59. The van der Waals surface area contributed by atoms with Gasteiger partial charge in [-0.05, 0) is 13.3 Å². The molecule has 2 heterocycles. The maximum Gasteiger partial charge on any atom is 0.235 e. The van der Waals surface area contributed by atoms with Gasteiger partial charge in [0.05, 0.1) is 5.25 Å². The number of piperazine rings is 1. The lowest BCUT2D eigenvalue weighted by molar-refractivity contribution is -0.138. The summed E-state index contributed by atoms with van der Waals surface area (Å²) in [6.45, 7) is 3.83. The van der Waals surface area contributed by atoms with E-state index in [0.29, 0.717) is 26.1 Å². The first-order valence-electron chi connectivity index (χ1n) is 5.36. The van der Waals surface area contributed by atoms with Gasteiger partial charge in [0.2, 0.25) is 11.8 Å². The Morgan fingerprint density at radius 2 is 2.27 bits per heavy atom. The molecule has 2 unspecified atom stereocenters. The van der Waals surface area contributed by atoms with Crippen LogP contribution in [-0.4, -0.2) is 52.5 Å². The lowest BCUT2D eigenvalue weighted by atomic mass is 10.1. The molecule has 0 aromatic heterocycles. The van der Waals surface area contributed by atoms with Crippen molar-refractivity contribution in [2.24, 2.45) is 0 Å². The first-order valence-corrected chi connectivity index (χ1v) is 5.87. The van der Waals surface area contributed by atoms with E-state index < -0.39 is 0 Å². The van der Waals surface area contributed by atoms with Crippen molar-refractivity contribution >= 4 is 24.4 Å². The number of nitrogens with zero attached hydrogens (tertiary/aromatic N) is 2. The summed E-state index contributed by atoms with van der Waals surface area (Å²) in [7, 11) is 0. The van der Waals surface area contributed by atoms with Crippen LogP contribution in [0.25, 0.3) is 0 Å². The topological polar surface area (TPSA) is 40.6 Å². The number of hydrogen-bond acceptors (Lipinski definition) is 3. The van der Waals surface area contributed by atoms with Crippen LogP contribution in [0.2, 0.25) is 0 Å². The molecule has 15 heavy (non-hydrogen) atoms. The molecule has 4 nitrogen and oxygen atoms in total. The molecular formula is C10H16N2O2S. The summed E-state index contributed by atoms with van der Waals surface area (Å²) >= 11 is 4.15. The van der Waals surface area contributed by atoms with E-state index in [4.69, 9.17) is 0 Å². The Morgan fingerprint density at radius 3 is 2.93 bits per heavy atom. The van der Waals surface area contributed by atoms with Gasteiger partial charge in [0.15, 0.2) is 0 Å². The van der Waals surface area contributed by atoms with Crippen molar-refractivity contribution in [3.63, 3.8) is 0 Å². The molecule has 2 amide bonds. The monoisotopic (exact) mass is 228 g/mol. The normalized spacial score (nSPS) is 27.9. The van der Waals surface area contributed by atoms with E-state index in [1.54, 1.807) is 6.92 Å². The van der Waals surface area contributed by atoms with Crippen LogP contribution in [0.15, 0.2) is 0 Å². The van der Waals surface area contributed by atoms with E-state index in [9.17, 15) is 9.59 Å². The standard InChI is InChI=1S/C10H16N2O2S/c1-7(15)10(14)11-4-5-12-8(6-11)2-3-9(12)13/h7-8,15H,2-6H2,1H3. The van der Waals surface area contributed by atoms with Gasteiger partial charge in [-0.1, -0.05) is 0 Å². The predicted molar refractivity (Wildman–Crippen MR) is 59.8 cm³/mol. The zero-order chi connectivity index (χ0) is 11.0. The van der Waals surface area contributed by atoms with Crippen molar-refractivity contribution in [2.45, 2.75) is 31.1 Å². The predicted octanol–water partition coefficient (Wildman–Crippen LogP) is 0.138. The van der Waals surface area contributed by atoms with Gasteiger partial charge in [0.25, 0.3) is 0 Å². The van der Waals surface area contributed by atoms with Gasteiger partial charge in [0, 0.05) is 32.1 Å². The van der Waals surface area contributed by atoms with Gasteiger partial charge in [-0.2, -0.15) is 12.6 Å². The molecule has 5 heteroatoms. The summed E-state index contributed by atoms with van der Waals surface area (Å²) in [4.78, 5) is 26.9. The minimum atomic E-state index is -0.242. The lowest BCUT2D eigenvalue weighted by Crippen LogP contribution is -2.54. The van der Waals surface area contributed by atoms with Crippen molar-refractivity contribution in [3.05, 3.63) is 0 Å². The number of rotatable bonds is 1. The summed E-state index contributed by atoms with van der Waals surface area (Å²) in [6, 6.07) is 0.252. The molecule has 0 aromatic carbocycles. The minimum Gasteiger partial charge on any atom is -0.338 e. The van der Waals surface area contributed by atoms with E-state index >= 15 is 0 Å². The zero-order valence-corrected chi connectivity index (χ0v) is 9.74. The maximum absolute atomic E-state index is 11.7. The molecule has 0 aromatic rings. The second-order valence-corrected chi connectivity index (χ2v) is 5.01. The van der Waals surface area contributed by atoms with Crippen LogP contribution < -0.4 is 0 Å². The maximum atomic E-state index is 11.7. The van der Waals surface area contributed by atoms with Gasteiger partial charge in [-0.15, -0.1) is 0 Å². The molecule has 0 saturated carbocycles. The number of carbonyl (C=O) groups is 2. The van der Waals surface area contributed by atoms with E-state index in [1.807, 2.05) is 9.80 Å². The van der Waals surface area contributed by atoms with E-state index in [-0.39, 0.29) is 23.1 Å². The molecule has 2 atom stereocenters. The summed E-state index contributed by atoms with van der Waals surface area (Å²) in [6.07, 6.45) is 1.53.